The van der Waals surface area contributed by atoms with Crippen molar-refractivity contribution < 1.29 is 14.7 Å². The number of amides is 2. The summed E-state index contributed by atoms with van der Waals surface area (Å²) in [5, 5.41) is 13.1. The number of aromatic nitrogens is 1. The summed E-state index contributed by atoms with van der Waals surface area (Å²) in [6, 6.07) is 6.32. The van der Waals surface area contributed by atoms with E-state index in [4.69, 9.17) is 5.73 Å². The van der Waals surface area contributed by atoms with E-state index in [2.05, 4.69) is 10.3 Å². The predicted octanol–water partition coefficient (Wildman–Crippen LogP) is 2.63. The van der Waals surface area contributed by atoms with Crippen molar-refractivity contribution in [3.05, 3.63) is 41.0 Å². The Kier molecular flexibility index (Phi) is 6.83. The van der Waals surface area contributed by atoms with E-state index >= 15 is 0 Å². The first-order valence-electron chi connectivity index (χ1n) is 10.5. The third-order valence-corrected chi connectivity index (χ3v) is 6.82. The summed E-state index contributed by atoms with van der Waals surface area (Å²) in [5.74, 6) is -0.581. The van der Waals surface area contributed by atoms with Crippen LogP contribution in [0.1, 0.15) is 51.4 Å². The number of hydrogen-bond donors (Lipinski definition) is 3. The minimum absolute atomic E-state index is 0.123. The van der Waals surface area contributed by atoms with E-state index in [-0.39, 0.29) is 30.8 Å². The van der Waals surface area contributed by atoms with Crippen LogP contribution in [0.5, 0.6) is 0 Å². The highest BCUT2D eigenvalue weighted by Crippen LogP contribution is 2.29. The molecule has 31 heavy (non-hydrogen) atoms. The van der Waals surface area contributed by atoms with Crippen molar-refractivity contribution in [3.63, 3.8) is 0 Å². The number of carbonyl (C=O) groups is 2. The number of rotatable bonds is 5. The fraction of sp³-hybridized carbons (Fsp3) is 0.522. The van der Waals surface area contributed by atoms with Gasteiger partial charge in [-0.15, -0.1) is 11.3 Å². The Balaban J connectivity index is 1.69. The number of thiazole rings is 1. The average Bonchev–Trinajstić information content (AvgIpc) is 3.31. The minimum atomic E-state index is -0.742. The van der Waals surface area contributed by atoms with E-state index in [0.29, 0.717) is 0 Å². The molecule has 1 aromatic heterocycles. The molecule has 4 atom stereocenters. The summed E-state index contributed by atoms with van der Waals surface area (Å²) in [4.78, 5) is 32.7. The largest absolute Gasteiger partial charge is 0.391 e. The first-order chi connectivity index (χ1) is 14.5. The van der Waals surface area contributed by atoms with Crippen LogP contribution in [-0.2, 0) is 9.59 Å². The first kappa shape index (κ1) is 23.4. The lowest BCUT2D eigenvalue weighted by molar-refractivity contribution is -0.141. The Hall–Kier alpha value is -2.29. The molecule has 1 aliphatic rings. The standard InChI is InChI=1S/C23H32N4O3S/c1-13(15-6-8-16(9-7-15)19-14(2)25-12-31-19)26-21(29)18-10-17(28)11-27(18)22(30)20(24)23(3,4)5/h6-9,12-13,17-18,20,28H,10-11,24H2,1-5H3,(H,26,29)/t13-,17+,18+,20+/m1/s1. The number of benzene rings is 1. The highest BCUT2D eigenvalue weighted by Gasteiger charge is 2.42. The van der Waals surface area contributed by atoms with Crippen LogP contribution in [0.2, 0.25) is 0 Å². The number of β-amino-alcohol motifs (C(OH)–C–C–N with tert-alkyl or cyclic N) is 1. The van der Waals surface area contributed by atoms with Crippen molar-refractivity contribution in [2.24, 2.45) is 11.1 Å². The zero-order valence-electron chi connectivity index (χ0n) is 18.8. The number of nitrogens with one attached hydrogen (secondary N) is 1. The Morgan fingerprint density at radius 1 is 1.29 bits per heavy atom. The highest BCUT2D eigenvalue weighted by atomic mass is 32.1. The summed E-state index contributed by atoms with van der Waals surface area (Å²) in [5.41, 5.74) is 10.6. The molecule has 8 heteroatoms. The number of nitrogens with zero attached hydrogens (tertiary/aromatic N) is 2. The zero-order chi connectivity index (χ0) is 22.9. The monoisotopic (exact) mass is 444 g/mol. The number of aliphatic hydroxyl groups is 1. The first-order valence-corrected chi connectivity index (χ1v) is 11.4. The van der Waals surface area contributed by atoms with Crippen molar-refractivity contribution in [1.82, 2.24) is 15.2 Å². The molecule has 0 aliphatic carbocycles. The predicted molar refractivity (Wildman–Crippen MR) is 122 cm³/mol. The quantitative estimate of drug-likeness (QED) is 0.657. The Morgan fingerprint density at radius 2 is 1.94 bits per heavy atom. The molecule has 1 saturated heterocycles. The van der Waals surface area contributed by atoms with E-state index in [9.17, 15) is 14.7 Å². The fourth-order valence-electron chi connectivity index (χ4n) is 3.75. The van der Waals surface area contributed by atoms with Crippen LogP contribution in [0, 0.1) is 12.3 Å². The van der Waals surface area contributed by atoms with Crippen molar-refractivity contribution in [3.8, 4) is 10.4 Å². The second kappa shape index (κ2) is 9.06. The van der Waals surface area contributed by atoms with Crippen LogP contribution >= 0.6 is 11.3 Å². The van der Waals surface area contributed by atoms with Crippen molar-refractivity contribution in [2.75, 3.05) is 6.54 Å². The van der Waals surface area contributed by atoms with Gasteiger partial charge in [-0.2, -0.15) is 0 Å². The number of likely N-dealkylation sites (tertiary alicyclic amines) is 1. The average molecular weight is 445 g/mol. The van der Waals surface area contributed by atoms with Crippen LogP contribution in [0.25, 0.3) is 10.4 Å². The van der Waals surface area contributed by atoms with E-state index in [1.807, 2.05) is 64.4 Å². The van der Waals surface area contributed by atoms with Gasteiger partial charge in [-0.3, -0.25) is 9.59 Å². The zero-order valence-corrected chi connectivity index (χ0v) is 19.6. The number of hydrogen-bond acceptors (Lipinski definition) is 6. The Bertz CT molecular complexity index is 935. The summed E-state index contributed by atoms with van der Waals surface area (Å²) >= 11 is 1.60. The summed E-state index contributed by atoms with van der Waals surface area (Å²) in [7, 11) is 0. The van der Waals surface area contributed by atoms with Gasteiger partial charge in [0, 0.05) is 13.0 Å². The second-order valence-electron chi connectivity index (χ2n) is 9.36. The highest BCUT2D eigenvalue weighted by molar-refractivity contribution is 7.13. The molecule has 2 amide bonds. The second-order valence-corrected chi connectivity index (χ2v) is 10.2. The van der Waals surface area contributed by atoms with Gasteiger partial charge in [-0.05, 0) is 30.4 Å². The molecule has 4 N–H and O–H groups in total. The summed E-state index contributed by atoms with van der Waals surface area (Å²) in [6.07, 6.45) is -0.519. The molecule has 0 bridgehead atoms. The molecule has 0 spiro atoms. The van der Waals surface area contributed by atoms with Crippen LogP contribution in [0.4, 0.5) is 0 Å². The topological polar surface area (TPSA) is 109 Å². The van der Waals surface area contributed by atoms with Crippen LogP contribution in [-0.4, -0.2) is 51.5 Å². The molecule has 0 unspecified atom stereocenters. The van der Waals surface area contributed by atoms with Gasteiger partial charge in [0.15, 0.2) is 0 Å². The van der Waals surface area contributed by atoms with Gasteiger partial charge >= 0.3 is 0 Å². The third-order valence-electron chi connectivity index (χ3n) is 5.84. The molecule has 0 radical (unpaired) electrons. The molecule has 168 valence electrons. The maximum absolute atomic E-state index is 13.0. The smallest absolute Gasteiger partial charge is 0.243 e. The molecular weight excluding hydrogens is 412 g/mol. The minimum Gasteiger partial charge on any atom is -0.391 e. The van der Waals surface area contributed by atoms with E-state index in [0.717, 1.165) is 21.7 Å². The lowest BCUT2D eigenvalue weighted by Crippen LogP contribution is -2.55. The lowest BCUT2D eigenvalue weighted by Gasteiger charge is -2.32. The van der Waals surface area contributed by atoms with Gasteiger partial charge in [0.2, 0.25) is 11.8 Å². The summed E-state index contributed by atoms with van der Waals surface area (Å²) in [6.45, 7) is 9.67. The van der Waals surface area contributed by atoms with E-state index < -0.39 is 23.6 Å². The van der Waals surface area contributed by atoms with Gasteiger partial charge < -0.3 is 21.1 Å². The van der Waals surface area contributed by atoms with Crippen molar-refractivity contribution >= 4 is 23.2 Å². The van der Waals surface area contributed by atoms with Crippen molar-refractivity contribution in [1.29, 1.82) is 0 Å². The SMILES string of the molecule is Cc1ncsc1-c1ccc([C@@H](C)NC(=O)[C@@H]2C[C@H](O)CN2C(=O)[C@H](N)C(C)(C)C)cc1. The third kappa shape index (κ3) is 5.14. The van der Waals surface area contributed by atoms with Gasteiger partial charge in [0.05, 0.1) is 34.3 Å². The van der Waals surface area contributed by atoms with E-state index in [1.165, 1.54) is 4.90 Å². The lowest BCUT2D eigenvalue weighted by atomic mass is 9.86. The molecule has 0 saturated carbocycles. The molecule has 1 aliphatic heterocycles. The maximum atomic E-state index is 13.0. The van der Waals surface area contributed by atoms with E-state index in [1.54, 1.807) is 11.3 Å². The number of carbonyl (C=O) groups excluding carboxylic acids is 2. The Labute approximate surface area is 187 Å². The normalized spacial score (nSPS) is 21.1. The molecule has 2 aromatic rings. The number of aliphatic hydroxyl groups excluding tert-OH is 1. The number of aryl methyl sites for hydroxylation is 1. The number of nitrogens with two attached hydrogens (primary N) is 1. The van der Waals surface area contributed by atoms with Crippen LogP contribution < -0.4 is 11.1 Å². The van der Waals surface area contributed by atoms with Gasteiger partial charge in [0.25, 0.3) is 0 Å². The van der Waals surface area contributed by atoms with Gasteiger partial charge in [-0.25, -0.2) is 4.98 Å². The molecule has 7 nitrogen and oxygen atoms in total. The van der Waals surface area contributed by atoms with Gasteiger partial charge in [0.1, 0.15) is 6.04 Å². The van der Waals surface area contributed by atoms with Crippen LogP contribution in [0.15, 0.2) is 29.8 Å². The van der Waals surface area contributed by atoms with Gasteiger partial charge in [-0.1, -0.05) is 45.0 Å². The van der Waals surface area contributed by atoms with Crippen LogP contribution in [0.3, 0.4) is 0 Å². The molecule has 2 heterocycles. The Morgan fingerprint density at radius 3 is 2.48 bits per heavy atom. The molecule has 1 fully saturated rings. The van der Waals surface area contributed by atoms with Crippen molar-refractivity contribution in [2.45, 2.75) is 65.3 Å². The molecule has 1 aromatic carbocycles. The maximum Gasteiger partial charge on any atom is 0.243 e. The summed E-state index contributed by atoms with van der Waals surface area (Å²) < 4.78 is 0. The fourth-order valence-corrected chi connectivity index (χ4v) is 4.56. The molecular formula is C23H32N4O3S. The molecule has 3 rings (SSSR count).